The molecule has 1 aromatic heterocycles. The summed E-state index contributed by atoms with van der Waals surface area (Å²) in [5.41, 5.74) is 2.36. The van der Waals surface area contributed by atoms with E-state index < -0.39 is 23.5 Å². The standard InChI is InChI=1S/C28H22ClFN2O4/c1-31-15-21(19-5-3-4-6-22(19)31)25-24(26(33)20-13-17(29)9-12-23(20)36-2)27(34)28(35)32(25)14-16-7-10-18(30)11-8-16/h3-13,15,25,33H,14H2,1-2H3/b26-24+. The van der Waals surface area contributed by atoms with Crippen LogP contribution < -0.4 is 4.74 Å². The normalized spacial score (nSPS) is 17.2. The zero-order valence-corrected chi connectivity index (χ0v) is 20.3. The van der Waals surface area contributed by atoms with Crippen molar-refractivity contribution in [2.24, 2.45) is 7.05 Å². The number of methoxy groups -OCH3 is 1. The van der Waals surface area contributed by atoms with Crippen molar-refractivity contribution in [1.29, 1.82) is 0 Å². The lowest BCUT2D eigenvalue weighted by Gasteiger charge is -2.25. The number of ether oxygens (including phenoxy) is 1. The quantitative estimate of drug-likeness (QED) is 0.218. The zero-order chi connectivity index (χ0) is 25.6. The second-order valence-corrected chi connectivity index (χ2v) is 9.05. The number of aryl methyl sites for hydroxylation is 1. The molecular formula is C28H22ClFN2O4. The molecule has 2 heterocycles. The third-order valence-electron chi connectivity index (χ3n) is 6.45. The summed E-state index contributed by atoms with van der Waals surface area (Å²) in [4.78, 5) is 28.2. The van der Waals surface area contributed by atoms with E-state index in [2.05, 4.69) is 0 Å². The molecule has 3 aromatic carbocycles. The Morgan fingerprint density at radius 2 is 1.81 bits per heavy atom. The minimum atomic E-state index is -0.898. The van der Waals surface area contributed by atoms with E-state index in [9.17, 15) is 19.1 Å². The molecule has 1 atom stereocenters. The van der Waals surface area contributed by atoms with Crippen molar-refractivity contribution in [3.63, 3.8) is 0 Å². The third kappa shape index (κ3) is 3.91. The molecular weight excluding hydrogens is 483 g/mol. The van der Waals surface area contributed by atoms with Gasteiger partial charge in [-0.3, -0.25) is 9.59 Å². The molecule has 6 nitrogen and oxygen atoms in total. The van der Waals surface area contributed by atoms with Crippen molar-refractivity contribution < 1.29 is 23.8 Å². The number of likely N-dealkylation sites (tertiary alicyclic amines) is 1. The van der Waals surface area contributed by atoms with E-state index in [1.54, 1.807) is 24.3 Å². The zero-order valence-electron chi connectivity index (χ0n) is 19.5. The molecule has 36 heavy (non-hydrogen) atoms. The van der Waals surface area contributed by atoms with Gasteiger partial charge in [0.2, 0.25) is 0 Å². The van der Waals surface area contributed by atoms with Gasteiger partial charge in [0, 0.05) is 41.3 Å². The van der Waals surface area contributed by atoms with E-state index in [0.717, 1.165) is 10.9 Å². The van der Waals surface area contributed by atoms with Gasteiger partial charge in [0.15, 0.2) is 0 Å². The number of rotatable bonds is 5. The van der Waals surface area contributed by atoms with Crippen LogP contribution in [0.4, 0.5) is 4.39 Å². The molecule has 0 saturated carbocycles. The number of ketones is 1. The van der Waals surface area contributed by atoms with Crippen molar-refractivity contribution >= 4 is 40.0 Å². The van der Waals surface area contributed by atoms with Crippen LogP contribution in [0.2, 0.25) is 5.02 Å². The van der Waals surface area contributed by atoms with E-state index in [1.165, 1.54) is 30.2 Å². The Morgan fingerprint density at radius 3 is 2.53 bits per heavy atom. The van der Waals surface area contributed by atoms with Crippen LogP contribution in [-0.2, 0) is 23.2 Å². The van der Waals surface area contributed by atoms with Gasteiger partial charge < -0.3 is 19.3 Å². The molecule has 182 valence electrons. The third-order valence-corrected chi connectivity index (χ3v) is 6.68. The topological polar surface area (TPSA) is 71.8 Å². The minimum absolute atomic E-state index is 0.0439. The van der Waals surface area contributed by atoms with Gasteiger partial charge in [-0.15, -0.1) is 0 Å². The predicted molar refractivity (Wildman–Crippen MR) is 135 cm³/mol. The van der Waals surface area contributed by atoms with Gasteiger partial charge in [0.05, 0.1) is 24.3 Å². The Bertz CT molecular complexity index is 1540. The summed E-state index contributed by atoms with van der Waals surface area (Å²) in [5, 5.41) is 12.6. The Balaban J connectivity index is 1.75. The number of carbonyl (C=O) groups excluding carboxylic acids is 2. The number of fused-ring (bicyclic) bond motifs is 1. The maximum atomic E-state index is 13.5. The average Bonchev–Trinajstić information content (AvgIpc) is 3.33. The number of aliphatic hydroxyl groups excluding tert-OH is 1. The lowest BCUT2D eigenvalue weighted by Crippen LogP contribution is -2.29. The fraction of sp³-hybridized carbons (Fsp3) is 0.143. The fourth-order valence-corrected chi connectivity index (χ4v) is 4.93. The van der Waals surface area contributed by atoms with Gasteiger partial charge in [-0.05, 0) is 42.0 Å². The number of carbonyl (C=O) groups is 2. The Labute approximate surface area is 211 Å². The molecule has 1 amide bonds. The summed E-state index contributed by atoms with van der Waals surface area (Å²) < 4.78 is 20.8. The van der Waals surface area contributed by atoms with Gasteiger partial charge in [0.25, 0.3) is 11.7 Å². The first-order chi connectivity index (χ1) is 17.3. The molecule has 5 rings (SSSR count). The molecule has 1 unspecified atom stereocenters. The van der Waals surface area contributed by atoms with Crippen LogP contribution in [0.15, 0.2) is 78.5 Å². The summed E-state index contributed by atoms with van der Waals surface area (Å²) in [7, 11) is 3.31. The highest BCUT2D eigenvalue weighted by atomic mass is 35.5. The maximum absolute atomic E-state index is 13.5. The van der Waals surface area contributed by atoms with Crippen molar-refractivity contribution in [2.45, 2.75) is 12.6 Å². The molecule has 1 saturated heterocycles. The van der Waals surface area contributed by atoms with Crippen LogP contribution in [0.3, 0.4) is 0 Å². The number of amides is 1. The molecule has 1 fully saturated rings. The van der Waals surface area contributed by atoms with Crippen molar-refractivity contribution in [1.82, 2.24) is 9.47 Å². The molecule has 0 spiro atoms. The number of hydrogen-bond acceptors (Lipinski definition) is 4. The molecule has 1 N–H and O–H groups in total. The first-order valence-corrected chi connectivity index (χ1v) is 11.6. The first kappa shape index (κ1) is 23.6. The van der Waals surface area contributed by atoms with Gasteiger partial charge >= 0.3 is 0 Å². The Morgan fingerprint density at radius 1 is 1.08 bits per heavy atom. The van der Waals surface area contributed by atoms with Crippen LogP contribution in [0.5, 0.6) is 5.75 Å². The Kier molecular flexibility index (Phi) is 6.02. The highest BCUT2D eigenvalue weighted by Crippen LogP contribution is 2.44. The van der Waals surface area contributed by atoms with Crippen LogP contribution in [0.25, 0.3) is 16.7 Å². The largest absolute Gasteiger partial charge is 0.507 e. The van der Waals surface area contributed by atoms with Crippen LogP contribution in [0.1, 0.15) is 22.7 Å². The van der Waals surface area contributed by atoms with Crippen molar-refractivity contribution in [3.05, 3.63) is 106 Å². The molecule has 1 aliphatic heterocycles. The maximum Gasteiger partial charge on any atom is 0.295 e. The number of nitrogens with zero attached hydrogens (tertiary/aromatic N) is 2. The van der Waals surface area contributed by atoms with Crippen LogP contribution >= 0.6 is 11.6 Å². The summed E-state index contributed by atoms with van der Waals surface area (Å²) in [6.45, 7) is 0.0439. The molecule has 0 radical (unpaired) electrons. The number of aliphatic hydroxyl groups is 1. The summed E-state index contributed by atoms with van der Waals surface area (Å²) in [5.74, 6) is -2.07. The summed E-state index contributed by atoms with van der Waals surface area (Å²) >= 11 is 6.19. The molecule has 8 heteroatoms. The second kappa shape index (κ2) is 9.17. The number of aromatic nitrogens is 1. The lowest BCUT2D eigenvalue weighted by molar-refractivity contribution is -0.140. The molecule has 0 aliphatic carbocycles. The van der Waals surface area contributed by atoms with Gasteiger partial charge in [-0.25, -0.2) is 4.39 Å². The van der Waals surface area contributed by atoms with E-state index in [0.29, 0.717) is 21.9 Å². The number of Topliss-reactive ketones (excluding diaryl/α,β-unsaturated/α-hetero) is 1. The molecule has 4 aromatic rings. The van der Waals surface area contributed by atoms with Crippen LogP contribution in [0, 0.1) is 5.82 Å². The predicted octanol–water partition coefficient (Wildman–Crippen LogP) is 5.60. The second-order valence-electron chi connectivity index (χ2n) is 8.61. The van der Waals surface area contributed by atoms with Gasteiger partial charge in [-0.1, -0.05) is 41.9 Å². The van der Waals surface area contributed by atoms with E-state index >= 15 is 0 Å². The lowest BCUT2D eigenvalue weighted by atomic mass is 9.94. The summed E-state index contributed by atoms with van der Waals surface area (Å²) in [6.07, 6.45) is 1.85. The monoisotopic (exact) mass is 504 g/mol. The van der Waals surface area contributed by atoms with Crippen molar-refractivity contribution in [3.8, 4) is 5.75 Å². The van der Waals surface area contributed by atoms with E-state index in [4.69, 9.17) is 16.3 Å². The SMILES string of the molecule is COc1ccc(Cl)cc1/C(O)=C1\C(=O)C(=O)N(Cc2ccc(F)cc2)C1c1cn(C)c2ccccc12. The van der Waals surface area contributed by atoms with Crippen molar-refractivity contribution in [2.75, 3.05) is 7.11 Å². The van der Waals surface area contributed by atoms with Crippen LogP contribution in [-0.4, -0.2) is 33.4 Å². The molecule has 0 bridgehead atoms. The summed E-state index contributed by atoms with van der Waals surface area (Å²) in [6, 6.07) is 17.1. The first-order valence-electron chi connectivity index (χ1n) is 11.2. The van der Waals surface area contributed by atoms with Gasteiger partial charge in [-0.2, -0.15) is 0 Å². The highest BCUT2D eigenvalue weighted by molar-refractivity contribution is 6.46. The minimum Gasteiger partial charge on any atom is -0.507 e. The number of para-hydroxylation sites is 1. The smallest absolute Gasteiger partial charge is 0.295 e. The molecule has 1 aliphatic rings. The van der Waals surface area contributed by atoms with E-state index in [-0.39, 0.29) is 23.4 Å². The average molecular weight is 505 g/mol. The highest BCUT2D eigenvalue weighted by Gasteiger charge is 2.47. The van der Waals surface area contributed by atoms with E-state index in [1.807, 2.05) is 42.1 Å². The fourth-order valence-electron chi connectivity index (χ4n) is 4.75. The van der Waals surface area contributed by atoms with Gasteiger partial charge in [0.1, 0.15) is 17.3 Å². The Hall–Kier alpha value is -4.10. The number of halogens is 2. The number of benzene rings is 3. The number of hydrogen-bond donors (Lipinski definition) is 1.